The molecule has 1 amide bonds. The molecule has 0 fully saturated rings. The Balaban J connectivity index is 2.03. The minimum Gasteiger partial charge on any atom is -0.320 e. The van der Waals surface area contributed by atoms with Crippen molar-refractivity contribution in [2.75, 3.05) is 29.6 Å². The van der Waals surface area contributed by atoms with E-state index >= 15 is 0 Å². The van der Waals surface area contributed by atoms with Gasteiger partial charge in [0.1, 0.15) is 0 Å². The van der Waals surface area contributed by atoms with Gasteiger partial charge in [-0.05, 0) is 19.9 Å². The van der Waals surface area contributed by atoms with Gasteiger partial charge in [-0.15, -0.1) is 0 Å². The number of carbonyl (C=O) groups is 1. The zero-order valence-corrected chi connectivity index (χ0v) is 13.7. The molecule has 0 radical (unpaired) electrons. The quantitative estimate of drug-likeness (QED) is 0.847. The van der Waals surface area contributed by atoms with Gasteiger partial charge >= 0.3 is 6.09 Å². The normalized spacial score (nSPS) is 15.2. The molecule has 3 heterocycles. The third-order valence-electron chi connectivity index (χ3n) is 3.82. The van der Waals surface area contributed by atoms with Crippen molar-refractivity contribution < 1.29 is 9.63 Å². The van der Waals surface area contributed by atoms with E-state index in [4.69, 9.17) is 16.6 Å². The average Bonchev–Trinajstić information content (AvgIpc) is 2.99. The van der Waals surface area contributed by atoms with Crippen LogP contribution in [0.3, 0.4) is 0 Å². The summed E-state index contributed by atoms with van der Waals surface area (Å²) in [6.45, 7) is 5.37. The molecule has 0 aromatic carbocycles. The molecular weight excluding hydrogens is 320 g/mol. The maximum absolute atomic E-state index is 12.3. The lowest BCUT2D eigenvalue weighted by Gasteiger charge is -2.33. The van der Waals surface area contributed by atoms with E-state index in [1.54, 1.807) is 6.20 Å². The first kappa shape index (κ1) is 15.5. The van der Waals surface area contributed by atoms with E-state index in [1.807, 2.05) is 30.9 Å². The molecule has 122 valence electrons. The summed E-state index contributed by atoms with van der Waals surface area (Å²) < 4.78 is 1.33. The van der Waals surface area contributed by atoms with Crippen LogP contribution in [0.1, 0.15) is 13.8 Å². The number of hydroxylamine groups is 1. The van der Waals surface area contributed by atoms with Gasteiger partial charge in [-0.2, -0.15) is 5.06 Å². The van der Waals surface area contributed by atoms with Crippen molar-refractivity contribution in [3.63, 3.8) is 0 Å². The second-order valence-electron chi connectivity index (χ2n) is 5.09. The van der Waals surface area contributed by atoms with Crippen LogP contribution in [-0.2, 0) is 4.84 Å². The fraction of sp³-hybridized carbons (Fsp3) is 0.333. The predicted octanol–water partition coefficient (Wildman–Crippen LogP) is 2.28. The smallest absolute Gasteiger partial charge is 0.320 e. The number of aromatic nitrogens is 1. The largest absolute Gasteiger partial charge is 0.434 e. The Hall–Kier alpha value is -2.41. The van der Waals surface area contributed by atoms with Gasteiger partial charge in [0.2, 0.25) is 5.43 Å². The first-order valence-corrected chi connectivity index (χ1v) is 7.74. The molecule has 7 nitrogen and oxygen atoms in total. The molecule has 3 rings (SSSR count). The summed E-state index contributed by atoms with van der Waals surface area (Å²) in [6.07, 6.45) is 6.41. The molecule has 0 atom stereocenters. The number of anilines is 2. The number of fused-ring (bicyclic) bond motifs is 3. The lowest BCUT2D eigenvalue weighted by Crippen LogP contribution is -2.40. The minimum atomic E-state index is -0.516. The van der Waals surface area contributed by atoms with Crippen molar-refractivity contribution >= 4 is 29.4 Å². The van der Waals surface area contributed by atoms with Crippen molar-refractivity contribution in [1.29, 1.82) is 0 Å². The number of hydrogen-bond donors (Lipinski definition) is 0. The number of halogens is 1. The summed E-state index contributed by atoms with van der Waals surface area (Å²) in [5.41, 5.74) is 0.742. The fourth-order valence-electron chi connectivity index (χ4n) is 2.62. The van der Waals surface area contributed by atoms with E-state index in [-0.39, 0.29) is 11.1 Å². The summed E-state index contributed by atoms with van der Waals surface area (Å²) in [6, 6.07) is 1.34. The Kier molecular flexibility index (Phi) is 4.04. The lowest BCUT2D eigenvalue weighted by atomic mass is 10.3. The fourth-order valence-corrected chi connectivity index (χ4v) is 2.85. The highest BCUT2D eigenvalue weighted by molar-refractivity contribution is 6.17. The van der Waals surface area contributed by atoms with Crippen LogP contribution in [0, 0.1) is 0 Å². The Bertz CT molecular complexity index is 752. The van der Waals surface area contributed by atoms with E-state index in [2.05, 4.69) is 0 Å². The summed E-state index contributed by atoms with van der Waals surface area (Å²) in [4.78, 5) is 33.4. The van der Waals surface area contributed by atoms with Crippen LogP contribution in [-0.4, -0.2) is 34.7 Å². The molecule has 2 aliphatic heterocycles. The molecule has 0 N–H and O–H groups in total. The van der Waals surface area contributed by atoms with E-state index in [9.17, 15) is 9.59 Å². The van der Waals surface area contributed by atoms with Crippen molar-refractivity contribution in [3.8, 4) is 0 Å². The topological polar surface area (TPSA) is 58.0 Å². The zero-order valence-electron chi connectivity index (χ0n) is 12.9. The van der Waals surface area contributed by atoms with E-state index < -0.39 is 6.09 Å². The van der Waals surface area contributed by atoms with Crippen LogP contribution in [0.5, 0.6) is 0 Å². The van der Waals surface area contributed by atoms with Crippen LogP contribution in [0.15, 0.2) is 41.1 Å². The van der Waals surface area contributed by atoms with Gasteiger partial charge in [0.05, 0.1) is 11.9 Å². The number of hydrogen-bond acceptors (Lipinski definition) is 5. The lowest BCUT2D eigenvalue weighted by molar-refractivity contribution is 0.104. The van der Waals surface area contributed by atoms with Crippen molar-refractivity contribution in [1.82, 2.24) is 8.99 Å². The summed E-state index contributed by atoms with van der Waals surface area (Å²) in [7, 11) is 0. The molecule has 0 bridgehead atoms. The third-order valence-corrected chi connectivity index (χ3v) is 4.09. The molecule has 8 heteroatoms. The Morgan fingerprint density at radius 2 is 2.13 bits per heavy atom. The summed E-state index contributed by atoms with van der Waals surface area (Å²) >= 11 is 6.20. The van der Waals surface area contributed by atoms with Gasteiger partial charge in [-0.3, -0.25) is 4.79 Å². The van der Waals surface area contributed by atoms with Crippen LogP contribution < -0.4 is 15.4 Å². The Morgan fingerprint density at radius 1 is 1.39 bits per heavy atom. The second-order valence-corrected chi connectivity index (χ2v) is 5.45. The van der Waals surface area contributed by atoms with Gasteiger partial charge in [-0.25, -0.2) is 8.88 Å². The first-order chi connectivity index (χ1) is 11.1. The highest BCUT2D eigenvalue weighted by atomic mass is 35.5. The molecule has 0 aliphatic carbocycles. The van der Waals surface area contributed by atoms with E-state index in [0.717, 1.165) is 5.70 Å². The highest BCUT2D eigenvalue weighted by Gasteiger charge is 2.32. The molecule has 2 aliphatic rings. The zero-order chi connectivity index (χ0) is 16.6. The molecule has 0 saturated heterocycles. The predicted molar refractivity (Wildman–Crippen MR) is 88.4 cm³/mol. The molecule has 1 aromatic rings. The molecule has 1 aromatic heterocycles. The molecule has 0 saturated carbocycles. The van der Waals surface area contributed by atoms with E-state index in [0.29, 0.717) is 25.5 Å². The summed E-state index contributed by atoms with van der Waals surface area (Å²) in [5, 5.41) is 1.21. The van der Waals surface area contributed by atoms with Gasteiger partial charge in [-0.1, -0.05) is 6.08 Å². The number of pyridine rings is 1. The SMILES string of the molecule is CCN(CC)C(=O)ON1C=C2C=CCN2c2c1c(=O)ccn2Cl. The van der Waals surface area contributed by atoms with Crippen LogP contribution in [0.2, 0.25) is 0 Å². The third kappa shape index (κ3) is 2.57. The number of nitrogens with zero attached hydrogens (tertiary/aromatic N) is 4. The standard InChI is InChI=1S/C15H17ClN4O3/c1-3-17(4-2)15(22)23-20-10-11-6-5-8-18(11)14-13(20)12(21)7-9-19(14)16/h5-7,9-10H,3-4,8H2,1-2H3. The number of rotatable bonds is 3. The molecular formula is C15H17ClN4O3. The maximum Gasteiger partial charge on any atom is 0.434 e. The number of allylic oxidation sites excluding steroid dienone is 1. The van der Waals surface area contributed by atoms with Crippen LogP contribution in [0.25, 0.3) is 0 Å². The Morgan fingerprint density at radius 3 is 2.83 bits per heavy atom. The van der Waals surface area contributed by atoms with Gasteiger partial charge in [0.15, 0.2) is 11.5 Å². The number of amides is 1. The summed E-state index contributed by atoms with van der Waals surface area (Å²) in [5.74, 6) is 0.481. The Labute approximate surface area is 138 Å². The monoisotopic (exact) mass is 336 g/mol. The maximum atomic E-state index is 12.3. The molecule has 0 spiro atoms. The second kappa shape index (κ2) is 6.00. The average molecular weight is 337 g/mol. The van der Waals surface area contributed by atoms with Gasteiger partial charge in [0, 0.05) is 43.7 Å². The van der Waals surface area contributed by atoms with Gasteiger partial charge in [0.25, 0.3) is 0 Å². The van der Waals surface area contributed by atoms with Gasteiger partial charge < -0.3 is 14.6 Å². The first-order valence-electron chi connectivity index (χ1n) is 7.40. The van der Waals surface area contributed by atoms with Crippen molar-refractivity contribution in [2.45, 2.75) is 13.8 Å². The van der Waals surface area contributed by atoms with Crippen LogP contribution >= 0.6 is 11.8 Å². The van der Waals surface area contributed by atoms with E-state index in [1.165, 1.54) is 26.3 Å². The highest BCUT2D eigenvalue weighted by Crippen LogP contribution is 2.36. The van der Waals surface area contributed by atoms with Crippen molar-refractivity contribution in [3.05, 3.63) is 46.5 Å². The number of carbonyl (C=O) groups excluding carboxylic acids is 1. The molecule has 0 unspecified atom stereocenters. The minimum absolute atomic E-state index is 0.218. The van der Waals surface area contributed by atoms with Crippen molar-refractivity contribution in [2.24, 2.45) is 0 Å². The van der Waals surface area contributed by atoms with Crippen LogP contribution in [0.4, 0.5) is 16.3 Å². The molecule has 23 heavy (non-hydrogen) atoms.